The molecule has 1 N–H and O–H groups in total. The van der Waals surface area contributed by atoms with Crippen LogP contribution in [0.2, 0.25) is 0 Å². The summed E-state index contributed by atoms with van der Waals surface area (Å²) in [5.41, 5.74) is 2.08. The van der Waals surface area contributed by atoms with Gasteiger partial charge in [0.2, 0.25) is 10.0 Å². The van der Waals surface area contributed by atoms with E-state index in [9.17, 15) is 13.2 Å². The van der Waals surface area contributed by atoms with Crippen molar-refractivity contribution in [2.45, 2.75) is 31.4 Å². The number of pyridine rings is 1. The van der Waals surface area contributed by atoms with E-state index in [0.717, 1.165) is 30.2 Å². The van der Waals surface area contributed by atoms with Gasteiger partial charge in [-0.05, 0) is 37.0 Å². The molecule has 134 valence electrons. The Labute approximate surface area is 150 Å². The van der Waals surface area contributed by atoms with E-state index < -0.39 is 15.9 Å². The van der Waals surface area contributed by atoms with Crippen molar-refractivity contribution in [3.05, 3.63) is 59.1 Å². The van der Waals surface area contributed by atoms with Gasteiger partial charge in [-0.3, -0.25) is 9.78 Å². The van der Waals surface area contributed by atoms with E-state index in [2.05, 4.69) is 14.9 Å². The first kappa shape index (κ1) is 16.7. The molecule has 26 heavy (non-hydrogen) atoms. The molecular formula is C18H17N3O4S. The molecule has 0 spiro atoms. The number of amides is 1. The Morgan fingerprint density at radius 3 is 2.88 bits per heavy atom. The van der Waals surface area contributed by atoms with Crippen LogP contribution in [-0.4, -0.2) is 24.5 Å². The summed E-state index contributed by atoms with van der Waals surface area (Å²) in [5.74, 6) is -0.379. The van der Waals surface area contributed by atoms with E-state index in [-0.39, 0.29) is 11.4 Å². The molecule has 7 nitrogen and oxygen atoms in total. The summed E-state index contributed by atoms with van der Waals surface area (Å²) < 4.78 is 32.3. The molecule has 2 aromatic heterocycles. The summed E-state index contributed by atoms with van der Waals surface area (Å²) in [7, 11) is -3.89. The van der Waals surface area contributed by atoms with E-state index >= 15 is 0 Å². The van der Waals surface area contributed by atoms with E-state index in [1.807, 2.05) is 12.1 Å². The monoisotopic (exact) mass is 371 g/mol. The minimum Gasteiger partial charge on any atom is -0.360 e. The second-order valence-corrected chi connectivity index (χ2v) is 8.04. The third kappa shape index (κ3) is 3.20. The molecule has 0 radical (unpaired) electrons. The fourth-order valence-electron chi connectivity index (χ4n) is 3.29. The van der Waals surface area contributed by atoms with Crippen LogP contribution in [0, 0.1) is 0 Å². The van der Waals surface area contributed by atoms with Crippen molar-refractivity contribution < 1.29 is 17.7 Å². The molecule has 1 amide bonds. The van der Waals surface area contributed by atoms with E-state index in [4.69, 9.17) is 4.52 Å². The number of hydrogen-bond acceptors (Lipinski definition) is 6. The van der Waals surface area contributed by atoms with Crippen molar-refractivity contribution in [3.8, 4) is 0 Å². The lowest BCUT2D eigenvalue weighted by Gasteiger charge is -2.10. The molecule has 1 aliphatic rings. The third-order valence-corrected chi connectivity index (χ3v) is 5.68. The van der Waals surface area contributed by atoms with Crippen LogP contribution in [-0.2, 0) is 28.6 Å². The van der Waals surface area contributed by atoms with Gasteiger partial charge >= 0.3 is 0 Å². The summed E-state index contributed by atoms with van der Waals surface area (Å²) in [6.07, 6.45) is 4.97. The maximum Gasteiger partial charge on any atom is 0.287 e. The highest BCUT2D eigenvalue weighted by Crippen LogP contribution is 2.24. The number of carbonyl (C=O) groups is 1. The fourth-order valence-corrected chi connectivity index (χ4v) is 4.40. The van der Waals surface area contributed by atoms with Gasteiger partial charge in [-0.2, -0.15) is 0 Å². The number of hydrogen-bond donors (Lipinski definition) is 1. The normalized spacial score (nSPS) is 14.2. The van der Waals surface area contributed by atoms with Crippen molar-refractivity contribution >= 4 is 26.8 Å². The minimum absolute atomic E-state index is 0.0721. The van der Waals surface area contributed by atoms with E-state index in [0.29, 0.717) is 23.3 Å². The standard InChI is InChI=1S/C18H17N3O4S/c22-18(17-14-6-1-2-9-16(14)25-20-17)21-26(23,24)11-12-5-3-8-15-13(12)7-4-10-19-15/h3-5,7-8,10H,1-2,6,9,11H2,(H,21,22). The topological polar surface area (TPSA) is 102 Å². The SMILES string of the molecule is O=C(NS(=O)(=O)Cc1cccc2ncccc12)c1noc2c1CCCC2. The predicted molar refractivity (Wildman–Crippen MR) is 95.0 cm³/mol. The summed E-state index contributed by atoms with van der Waals surface area (Å²) >= 11 is 0. The summed E-state index contributed by atoms with van der Waals surface area (Å²) in [6, 6.07) is 8.83. The largest absolute Gasteiger partial charge is 0.360 e. The van der Waals surface area contributed by atoms with E-state index in [1.165, 1.54) is 0 Å². The van der Waals surface area contributed by atoms with Gasteiger partial charge in [0.1, 0.15) is 5.76 Å². The number of sulfonamides is 1. The number of nitrogens with zero attached hydrogens (tertiary/aromatic N) is 2. The zero-order chi connectivity index (χ0) is 18.1. The van der Waals surface area contributed by atoms with Crippen LogP contribution in [0.25, 0.3) is 10.9 Å². The van der Waals surface area contributed by atoms with Crippen molar-refractivity contribution in [1.29, 1.82) is 0 Å². The maximum absolute atomic E-state index is 12.5. The van der Waals surface area contributed by atoms with Crippen molar-refractivity contribution in [1.82, 2.24) is 14.9 Å². The number of aromatic nitrogens is 2. The zero-order valence-electron chi connectivity index (χ0n) is 13.9. The van der Waals surface area contributed by atoms with Crippen LogP contribution >= 0.6 is 0 Å². The molecule has 0 aliphatic heterocycles. The van der Waals surface area contributed by atoms with Crippen LogP contribution in [0.15, 0.2) is 41.1 Å². The molecule has 8 heteroatoms. The van der Waals surface area contributed by atoms with Crippen molar-refractivity contribution in [3.63, 3.8) is 0 Å². The number of fused-ring (bicyclic) bond motifs is 2. The molecule has 3 aromatic rings. The van der Waals surface area contributed by atoms with Gasteiger partial charge in [-0.15, -0.1) is 0 Å². The third-order valence-electron chi connectivity index (χ3n) is 4.49. The number of rotatable bonds is 4. The van der Waals surface area contributed by atoms with Gasteiger partial charge in [0.25, 0.3) is 5.91 Å². The minimum atomic E-state index is -3.89. The Kier molecular flexibility index (Phi) is 4.20. The molecule has 0 saturated heterocycles. The summed E-state index contributed by atoms with van der Waals surface area (Å²) in [4.78, 5) is 16.6. The van der Waals surface area contributed by atoms with Gasteiger partial charge in [-0.1, -0.05) is 23.4 Å². The lowest BCUT2D eigenvalue weighted by atomic mass is 9.96. The second kappa shape index (κ2) is 6.53. The maximum atomic E-state index is 12.5. The van der Waals surface area contributed by atoms with Gasteiger partial charge in [-0.25, -0.2) is 13.1 Å². The smallest absolute Gasteiger partial charge is 0.287 e. The number of carbonyl (C=O) groups excluding carboxylic acids is 1. The average Bonchev–Trinajstić information content (AvgIpc) is 3.05. The highest BCUT2D eigenvalue weighted by Gasteiger charge is 2.27. The number of benzene rings is 1. The molecular weight excluding hydrogens is 354 g/mol. The first-order valence-electron chi connectivity index (χ1n) is 8.38. The fraction of sp³-hybridized carbons (Fsp3) is 0.278. The van der Waals surface area contributed by atoms with Crippen LogP contribution in [0.4, 0.5) is 0 Å². The quantitative estimate of drug-likeness (QED) is 0.755. The Morgan fingerprint density at radius 2 is 2.00 bits per heavy atom. The average molecular weight is 371 g/mol. The first-order valence-corrected chi connectivity index (χ1v) is 10.0. The lowest BCUT2D eigenvalue weighted by molar-refractivity contribution is 0.0972. The Balaban J connectivity index is 1.57. The highest BCUT2D eigenvalue weighted by molar-refractivity contribution is 7.89. The molecule has 1 aromatic carbocycles. The molecule has 1 aliphatic carbocycles. The van der Waals surface area contributed by atoms with Crippen LogP contribution in [0.1, 0.15) is 40.2 Å². The molecule has 0 fully saturated rings. The summed E-state index contributed by atoms with van der Waals surface area (Å²) in [6.45, 7) is 0. The van der Waals surface area contributed by atoms with Crippen molar-refractivity contribution in [2.24, 2.45) is 0 Å². The highest BCUT2D eigenvalue weighted by atomic mass is 32.2. The molecule has 0 bridgehead atoms. The number of nitrogens with one attached hydrogen (secondary N) is 1. The molecule has 2 heterocycles. The molecule has 0 unspecified atom stereocenters. The first-order chi connectivity index (χ1) is 12.5. The zero-order valence-corrected chi connectivity index (χ0v) is 14.8. The van der Waals surface area contributed by atoms with Gasteiger partial charge in [0.15, 0.2) is 5.69 Å². The molecule has 0 atom stereocenters. The van der Waals surface area contributed by atoms with Crippen molar-refractivity contribution in [2.75, 3.05) is 0 Å². The van der Waals surface area contributed by atoms with E-state index in [1.54, 1.807) is 24.4 Å². The molecule has 4 rings (SSSR count). The number of aryl methyl sites for hydroxylation is 1. The van der Waals surface area contributed by atoms with Gasteiger partial charge in [0.05, 0.1) is 11.3 Å². The lowest BCUT2D eigenvalue weighted by Crippen LogP contribution is -2.32. The van der Waals surface area contributed by atoms with Gasteiger partial charge in [0, 0.05) is 23.6 Å². The van der Waals surface area contributed by atoms with Crippen LogP contribution in [0.5, 0.6) is 0 Å². The van der Waals surface area contributed by atoms with Crippen LogP contribution < -0.4 is 4.72 Å². The Morgan fingerprint density at radius 1 is 1.15 bits per heavy atom. The Bertz CT molecular complexity index is 1080. The Hall–Kier alpha value is -2.74. The second-order valence-electron chi connectivity index (χ2n) is 6.32. The summed E-state index contributed by atoms with van der Waals surface area (Å²) in [5, 5.41) is 4.52. The molecule has 0 saturated carbocycles. The predicted octanol–water partition coefficient (Wildman–Crippen LogP) is 2.36. The van der Waals surface area contributed by atoms with Crippen LogP contribution in [0.3, 0.4) is 0 Å². The van der Waals surface area contributed by atoms with Gasteiger partial charge < -0.3 is 4.52 Å².